The van der Waals surface area contributed by atoms with Gasteiger partial charge in [0, 0.05) is 0 Å². The van der Waals surface area contributed by atoms with E-state index >= 15 is 0 Å². The minimum Gasteiger partial charge on any atom is -0.488 e. The predicted octanol–water partition coefficient (Wildman–Crippen LogP) is 8.40. The molecule has 0 radical (unpaired) electrons. The first-order valence-electron chi connectivity index (χ1n) is 13.1. The second-order valence-electron chi connectivity index (χ2n) is 9.85. The molecular formula is C28H52NO+. The van der Waals surface area contributed by atoms with E-state index in [9.17, 15) is 0 Å². The first-order chi connectivity index (χ1) is 14.6. The molecule has 0 fully saturated rings. The van der Waals surface area contributed by atoms with Gasteiger partial charge in [-0.25, -0.2) is 0 Å². The second-order valence-corrected chi connectivity index (χ2v) is 9.85. The fourth-order valence-electron chi connectivity index (χ4n) is 4.13. The molecule has 0 bridgehead atoms. The monoisotopic (exact) mass is 418 g/mol. The molecule has 1 rings (SSSR count). The molecule has 0 aromatic heterocycles. The number of rotatable bonds is 21. The number of ether oxygens (including phenoxy) is 1. The van der Waals surface area contributed by atoms with Gasteiger partial charge >= 0.3 is 0 Å². The summed E-state index contributed by atoms with van der Waals surface area (Å²) in [4.78, 5) is 0. The standard InChI is InChI=1S/C28H52NO/c1-4-5-6-7-8-9-10-11-12-13-14-15-16-17-18-22-25-29(2,3)26-27-30-28-23-20-19-21-24-28/h19-21,23-24H,4-18,22,25-27H2,1-3H3/q+1. The average Bonchev–Trinajstić information content (AvgIpc) is 2.74. The van der Waals surface area contributed by atoms with Gasteiger partial charge in [-0.2, -0.15) is 0 Å². The lowest BCUT2D eigenvalue weighted by atomic mass is 10.0. The van der Waals surface area contributed by atoms with Crippen LogP contribution in [0.25, 0.3) is 0 Å². The summed E-state index contributed by atoms with van der Waals surface area (Å²) in [6.07, 6.45) is 23.0. The Bertz CT molecular complexity index is 471. The molecule has 0 aliphatic heterocycles. The summed E-state index contributed by atoms with van der Waals surface area (Å²) >= 11 is 0. The Balaban J connectivity index is 1.82. The molecule has 1 aromatic carbocycles. The summed E-state index contributed by atoms with van der Waals surface area (Å²) in [6, 6.07) is 10.2. The Kier molecular flexibility index (Phi) is 16.9. The van der Waals surface area contributed by atoms with E-state index in [2.05, 4.69) is 21.0 Å². The van der Waals surface area contributed by atoms with Gasteiger partial charge in [0.05, 0.1) is 20.6 Å². The number of para-hydroxylation sites is 1. The van der Waals surface area contributed by atoms with Gasteiger partial charge in [0.1, 0.15) is 18.9 Å². The molecule has 0 saturated heterocycles. The number of quaternary nitrogens is 1. The van der Waals surface area contributed by atoms with Crippen LogP contribution in [-0.2, 0) is 0 Å². The highest BCUT2D eigenvalue weighted by Gasteiger charge is 2.14. The summed E-state index contributed by atoms with van der Waals surface area (Å²) in [5.41, 5.74) is 0. The van der Waals surface area contributed by atoms with E-state index in [0.717, 1.165) is 23.4 Å². The maximum Gasteiger partial charge on any atom is 0.137 e. The van der Waals surface area contributed by atoms with Gasteiger partial charge < -0.3 is 9.22 Å². The zero-order chi connectivity index (χ0) is 21.8. The summed E-state index contributed by atoms with van der Waals surface area (Å²) in [5.74, 6) is 0.986. The highest BCUT2D eigenvalue weighted by molar-refractivity contribution is 5.20. The van der Waals surface area contributed by atoms with Crippen molar-refractivity contribution in [3.8, 4) is 5.75 Å². The van der Waals surface area contributed by atoms with Crippen molar-refractivity contribution in [3.05, 3.63) is 30.3 Å². The normalized spacial score (nSPS) is 11.7. The molecule has 30 heavy (non-hydrogen) atoms. The lowest BCUT2D eigenvalue weighted by Gasteiger charge is -2.29. The minimum absolute atomic E-state index is 0.801. The molecule has 2 heteroatoms. The van der Waals surface area contributed by atoms with Crippen LogP contribution in [-0.4, -0.2) is 38.3 Å². The number of hydrogen-bond donors (Lipinski definition) is 0. The van der Waals surface area contributed by atoms with Crippen LogP contribution in [0.4, 0.5) is 0 Å². The first-order valence-corrected chi connectivity index (χ1v) is 13.1. The Morgan fingerprint density at radius 1 is 0.567 bits per heavy atom. The molecule has 0 saturated carbocycles. The molecular weight excluding hydrogens is 366 g/mol. The quantitative estimate of drug-likeness (QED) is 0.144. The fourth-order valence-corrected chi connectivity index (χ4v) is 4.13. The molecule has 0 atom stereocenters. The van der Waals surface area contributed by atoms with Crippen molar-refractivity contribution in [2.75, 3.05) is 33.8 Å². The molecule has 1 aromatic rings. The smallest absolute Gasteiger partial charge is 0.137 e. The maximum absolute atomic E-state index is 5.86. The summed E-state index contributed by atoms with van der Waals surface area (Å²) in [6.45, 7) is 5.44. The Labute approximate surface area is 189 Å². The van der Waals surface area contributed by atoms with Gasteiger partial charge in [-0.3, -0.25) is 0 Å². The Hall–Kier alpha value is -1.02. The van der Waals surface area contributed by atoms with Crippen molar-refractivity contribution >= 4 is 0 Å². The second kappa shape index (κ2) is 18.7. The fraction of sp³-hybridized carbons (Fsp3) is 0.786. The zero-order valence-corrected chi connectivity index (χ0v) is 20.7. The van der Waals surface area contributed by atoms with E-state index < -0.39 is 0 Å². The van der Waals surface area contributed by atoms with Crippen molar-refractivity contribution in [2.45, 2.75) is 110 Å². The van der Waals surface area contributed by atoms with Crippen molar-refractivity contribution in [1.29, 1.82) is 0 Å². The van der Waals surface area contributed by atoms with Crippen LogP contribution < -0.4 is 4.74 Å². The number of hydrogen-bond acceptors (Lipinski definition) is 1. The number of nitrogens with zero attached hydrogens (tertiary/aromatic N) is 1. The number of benzene rings is 1. The molecule has 174 valence electrons. The van der Waals surface area contributed by atoms with Crippen molar-refractivity contribution in [3.63, 3.8) is 0 Å². The van der Waals surface area contributed by atoms with Gasteiger partial charge in [0.25, 0.3) is 0 Å². The van der Waals surface area contributed by atoms with E-state index in [0.29, 0.717) is 0 Å². The predicted molar refractivity (Wildman–Crippen MR) is 133 cm³/mol. The third kappa shape index (κ3) is 16.7. The lowest BCUT2D eigenvalue weighted by Crippen LogP contribution is -2.43. The number of unbranched alkanes of at least 4 members (excludes halogenated alkanes) is 15. The van der Waals surface area contributed by atoms with Gasteiger partial charge in [-0.15, -0.1) is 0 Å². The molecule has 0 aliphatic carbocycles. The molecule has 2 nitrogen and oxygen atoms in total. The third-order valence-electron chi connectivity index (χ3n) is 6.33. The number of likely N-dealkylation sites (N-methyl/N-ethyl adjacent to an activating group) is 1. The molecule has 0 aliphatic rings. The molecule has 0 unspecified atom stereocenters. The van der Waals surface area contributed by atoms with Crippen LogP contribution in [0.3, 0.4) is 0 Å². The van der Waals surface area contributed by atoms with E-state index in [1.54, 1.807) is 0 Å². The maximum atomic E-state index is 5.86. The summed E-state index contributed by atoms with van der Waals surface area (Å²) in [7, 11) is 4.67. The van der Waals surface area contributed by atoms with Gasteiger partial charge in [-0.05, 0) is 25.0 Å². The summed E-state index contributed by atoms with van der Waals surface area (Å²) in [5, 5.41) is 0. The van der Waals surface area contributed by atoms with Gasteiger partial charge in [0.15, 0.2) is 0 Å². The van der Waals surface area contributed by atoms with E-state index in [1.807, 2.05) is 30.3 Å². The van der Waals surface area contributed by atoms with Crippen molar-refractivity contribution in [2.24, 2.45) is 0 Å². The highest BCUT2D eigenvalue weighted by atomic mass is 16.5. The van der Waals surface area contributed by atoms with Crippen LogP contribution in [0, 0.1) is 0 Å². The molecule has 0 spiro atoms. The molecule has 0 amide bonds. The van der Waals surface area contributed by atoms with Gasteiger partial charge in [-0.1, -0.05) is 115 Å². The van der Waals surface area contributed by atoms with E-state index in [4.69, 9.17) is 4.74 Å². The van der Waals surface area contributed by atoms with Crippen molar-refractivity contribution in [1.82, 2.24) is 0 Å². The van der Waals surface area contributed by atoms with Gasteiger partial charge in [0.2, 0.25) is 0 Å². The minimum atomic E-state index is 0.801. The average molecular weight is 419 g/mol. The van der Waals surface area contributed by atoms with E-state index in [-0.39, 0.29) is 0 Å². The van der Waals surface area contributed by atoms with Crippen LogP contribution in [0.5, 0.6) is 5.75 Å². The largest absolute Gasteiger partial charge is 0.488 e. The van der Waals surface area contributed by atoms with E-state index in [1.165, 1.54) is 109 Å². The first kappa shape index (κ1) is 27.0. The highest BCUT2D eigenvalue weighted by Crippen LogP contribution is 2.14. The summed E-state index contributed by atoms with van der Waals surface area (Å²) < 4.78 is 6.92. The van der Waals surface area contributed by atoms with Crippen LogP contribution in [0.1, 0.15) is 110 Å². The molecule has 0 heterocycles. The Morgan fingerprint density at radius 3 is 1.47 bits per heavy atom. The topological polar surface area (TPSA) is 9.23 Å². The van der Waals surface area contributed by atoms with Crippen molar-refractivity contribution < 1.29 is 9.22 Å². The Morgan fingerprint density at radius 2 is 1.00 bits per heavy atom. The van der Waals surface area contributed by atoms with Crippen LogP contribution in [0.15, 0.2) is 30.3 Å². The lowest BCUT2D eigenvalue weighted by molar-refractivity contribution is -0.890. The van der Waals surface area contributed by atoms with Crippen LogP contribution >= 0.6 is 0 Å². The van der Waals surface area contributed by atoms with Crippen LogP contribution in [0.2, 0.25) is 0 Å². The SMILES string of the molecule is CCCCCCCCCCCCCCCCCC[N+](C)(C)CCOc1ccccc1. The third-order valence-corrected chi connectivity index (χ3v) is 6.33. The zero-order valence-electron chi connectivity index (χ0n) is 20.7. The molecule has 0 N–H and O–H groups in total.